The lowest BCUT2D eigenvalue weighted by Crippen LogP contribution is -2.35. The molecule has 2 atom stereocenters. The van der Waals surface area contributed by atoms with Crippen molar-refractivity contribution >= 4 is 11.8 Å². The number of alkyl halides is 3. The molecule has 0 aromatic carbocycles. The number of nitrogens with zero attached hydrogens (tertiary/aromatic N) is 4. The highest BCUT2D eigenvalue weighted by molar-refractivity contribution is 5.94. The number of amides is 2. The molecule has 2 rings (SSSR count). The van der Waals surface area contributed by atoms with Crippen molar-refractivity contribution in [2.24, 2.45) is 7.05 Å². The molecule has 9 heteroatoms. The van der Waals surface area contributed by atoms with Gasteiger partial charge in [0.05, 0.1) is 6.04 Å². The van der Waals surface area contributed by atoms with Crippen LogP contribution in [0.25, 0.3) is 0 Å². The number of carbonyl (C=O) groups excluding carboxylic acids is 1. The summed E-state index contributed by atoms with van der Waals surface area (Å²) in [5.74, 6) is -0.219. The maximum Gasteiger partial charge on any atom is 0.433 e. The second-order valence-electron chi connectivity index (χ2n) is 4.43. The van der Waals surface area contributed by atoms with Crippen LogP contribution < -0.4 is 4.90 Å². The molecular formula is C10H13F3N4O2. The van der Waals surface area contributed by atoms with Gasteiger partial charge in [0.15, 0.2) is 12.0 Å². The topological polar surface area (TPSA) is 61.6 Å². The van der Waals surface area contributed by atoms with E-state index in [9.17, 15) is 23.1 Å². The number of aliphatic hydroxyl groups is 1. The van der Waals surface area contributed by atoms with Crippen LogP contribution >= 0.6 is 0 Å². The lowest BCUT2D eigenvalue weighted by Gasteiger charge is -2.16. The Bertz CT molecular complexity index is 513. The van der Waals surface area contributed by atoms with Crippen LogP contribution in [0.15, 0.2) is 6.07 Å². The molecule has 1 N–H and O–H groups in total. The van der Waals surface area contributed by atoms with Gasteiger partial charge in [0.25, 0.3) is 0 Å². The first-order chi connectivity index (χ1) is 8.64. The summed E-state index contributed by atoms with van der Waals surface area (Å²) in [6.45, 7) is 1.59. The van der Waals surface area contributed by atoms with E-state index in [4.69, 9.17) is 0 Å². The zero-order chi connectivity index (χ0) is 14.5. The van der Waals surface area contributed by atoms with E-state index in [2.05, 4.69) is 5.10 Å². The molecule has 0 radical (unpaired) electrons. The molecular weight excluding hydrogens is 265 g/mol. The van der Waals surface area contributed by atoms with E-state index in [1.807, 2.05) is 0 Å². The number of aromatic nitrogens is 2. The van der Waals surface area contributed by atoms with Crippen LogP contribution in [0.4, 0.5) is 23.8 Å². The minimum atomic E-state index is -4.56. The van der Waals surface area contributed by atoms with Gasteiger partial charge >= 0.3 is 12.2 Å². The molecule has 0 saturated carbocycles. The molecule has 106 valence electrons. The van der Waals surface area contributed by atoms with Crippen molar-refractivity contribution in [1.29, 1.82) is 0 Å². The Kier molecular flexibility index (Phi) is 2.96. The maximum atomic E-state index is 12.7. The van der Waals surface area contributed by atoms with Gasteiger partial charge in [-0.25, -0.2) is 9.69 Å². The lowest BCUT2D eigenvalue weighted by molar-refractivity contribution is -0.143. The minimum absolute atomic E-state index is 0.219. The Morgan fingerprint density at radius 2 is 1.95 bits per heavy atom. The molecule has 0 bridgehead atoms. The van der Waals surface area contributed by atoms with E-state index in [1.165, 1.54) is 11.9 Å². The number of aryl methyl sites for hydroxylation is 1. The molecule has 1 aliphatic heterocycles. The first kappa shape index (κ1) is 13.7. The van der Waals surface area contributed by atoms with Gasteiger partial charge in [-0.2, -0.15) is 18.3 Å². The van der Waals surface area contributed by atoms with E-state index in [0.717, 1.165) is 18.0 Å². The first-order valence-electron chi connectivity index (χ1n) is 5.50. The van der Waals surface area contributed by atoms with Gasteiger partial charge < -0.3 is 10.0 Å². The third-order valence-corrected chi connectivity index (χ3v) is 3.22. The number of rotatable bonds is 1. The average molecular weight is 278 g/mol. The molecule has 0 aliphatic carbocycles. The average Bonchev–Trinajstić information content (AvgIpc) is 2.75. The van der Waals surface area contributed by atoms with Gasteiger partial charge in [-0.1, -0.05) is 0 Å². The van der Waals surface area contributed by atoms with E-state index in [0.29, 0.717) is 4.68 Å². The van der Waals surface area contributed by atoms with Crippen molar-refractivity contribution in [3.05, 3.63) is 11.8 Å². The Morgan fingerprint density at radius 3 is 2.32 bits per heavy atom. The normalized spacial score (nSPS) is 24.5. The van der Waals surface area contributed by atoms with Gasteiger partial charge in [0.1, 0.15) is 5.69 Å². The monoisotopic (exact) mass is 278 g/mol. The van der Waals surface area contributed by atoms with E-state index in [-0.39, 0.29) is 5.82 Å². The van der Waals surface area contributed by atoms with Crippen LogP contribution in [-0.2, 0) is 13.2 Å². The fourth-order valence-electron chi connectivity index (χ4n) is 1.94. The number of likely N-dealkylation sites (N-methyl/N-ethyl adjacent to an activating group) is 1. The summed E-state index contributed by atoms with van der Waals surface area (Å²) in [5, 5.41) is 13.5. The van der Waals surface area contributed by atoms with Crippen molar-refractivity contribution < 1.29 is 23.1 Å². The molecule has 2 amide bonds. The molecule has 1 saturated heterocycles. The Morgan fingerprint density at radius 1 is 1.37 bits per heavy atom. The number of hydrogen-bond acceptors (Lipinski definition) is 3. The molecule has 1 aromatic heterocycles. The lowest BCUT2D eigenvalue weighted by atomic mass is 10.3. The van der Waals surface area contributed by atoms with Gasteiger partial charge in [-0.3, -0.25) is 4.68 Å². The predicted octanol–water partition coefficient (Wildman–Crippen LogP) is 1.02. The summed E-state index contributed by atoms with van der Waals surface area (Å²) in [5.41, 5.74) is -0.982. The first-order valence-corrected chi connectivity index (χ1v) is 5.50. The van der Waals surface area contributed by atoms with E-state index < -0.39 is 30.2 Å². The van der Waals surface area contributed by atoms with Gasteiger partial charge in [0.2, 0.25) is 0 Å². The number of halogens is 3. The summed E-state index contributed by atoms with van der Waals surface area (Å²) in [6, 6.07) is -0.372. The molecule has 1 aromatic rings. The third kappa shape index (κ3) is 2.03. The Hall–Kier alpha value is -1.77. The van der Waals surface area contributed by atoms with Crippen LogP contribution in [0, 0.1) is 0 Å². The van der Waals surface area contributed by atoms with Crippen molar-refractivity contribution in [3.63, 3.8) is 0 Å². The molecule has 19 heavy (non-hydrogen) atoms. The Labute approximate surface area is 107 Å². The number of aliphatic hydroxyl groups excluding tert-OH is 1. The highest BCUT2D eigenvalue weighted by Crippen LogP contribution is 2.33. The van der Waals surface area contributed by atoms with Crippen molar-refractivity contribution in [2.45, 2.75) is 25.4 Å². The van der Waals surface area contributed by atoms with Crippen LogP contribution in [0.3, 0.4) is 0 Å². The van der Waals surface area contributed by atoms with Gasteiger partial charge in [-0.05, 0) is 6.92 Å². The number of anilines is 1. The SMILES string of the molecule is CC1C(O)N(c2cc(C(F)(F)F)n(C)n2)C(=O)N1C. The number of hydrogen-bond donors (Lipinski definition) is 1. The minimum Gasteiger partial charge on any atom is -0.371 e. The smallest absolute Gasteiger partial charge is 0.371 e. The largest absolute Gasteiger partial charge is 0.433 e. The fourth-order valence-corrected chi connectivity index (χ4v) is 1.94. The number of carbonyl (C=O) groups is 1. The molecule has 1 aliphatic rings. The van der Waals surface area contributed by atoms with Crippen molar-refractivity contribution in [3.8, 4) is 0 Å². The summed E-state index contributed by atoms with van der Waals surface area (Å²) in [4.78, 5) is 13.9. The second kappa shape index (κ2) is 4.12. The molecule has 6 nitrogen and oxygen atoms in total. The molecule has 2 unspecified atom stereocenters. The van der Waals surface area contributed by atoms with E-state index in [1.54, 1.807) is 6.92 Å². The fraction of sp³-hybridized carbons (Fsp3) is 0.600. The highest BCUT2D eigenvalue weighted by Gasteiger charge is 2.44. The molecule has 1 fully saturated rings. The van der Waals surface area contributed by atoms with Crippen molar-refractivity contribution in [2.75, 3.05) is 11.9 Å². The zero-order valence-electron chi connectivity index (χ0n) is 10.5. The zero-order valence-corrected chi connectivity index (χ0v) is 10.5. The van der Waals surface area contributed by atoms with Gasteiger partial charge in [-0.15, -0.1) is 0 Å². The molecule has 2 heterocycles. The van der Waals surface area contributed by atoms with Crippen LogP contribution in [0.1, 0.15) is 12.6 Å². The highest BCUT2D eigenvalue weighted by atomic mass is 19.4. The molecule has 0 spiro atoms. The summed E-state index contributed by atoms with van der Waals surface area (Å²) in [6.07, 6.45) is -5.79. The predicted molar refractivity (Wildman–Crippen MR) is 59.3 cm³/mol. The second-order valence-corrected chi connectivity index (χ2v) is 4.43. The summed E-state index contributed by atoms with van der Waals surface area (Å²) in [7, 11) is 2.59. The van der Waals surface area contributed by atoms with Crippen LogP contribution in [0.2, 0.25) is 0 Å². The maximum absolute atomic E-state index is 12.7. The standard InChI is InChI=1S/C10H13F3N4O2/c1-5-8(18)17(9(19)15(5)2)7-4-6(10(11,12)13)16(3)14-7/h4-5,8,18H,1-3H3. The van der Waals surface area contributed by atoms with Crippen LogP contribution in [0.5, 0.6) is 0 Å². The quantitative estimate of drug-likeness (QED) is 0.834. The summed E-state index contributed by atoms with van der Waals surface area (Å²) >= 11 is 0. The number of urea groups is 1. The third-order valence-electron chi connectivity index (χ3n) is 3.22. The Balaban J connectivity index is 2.41. The van der Waals surface area contributed by atoms with Crippen molar-refractivity contribution in [1.82, 2.24) is 14.7 Å². The van der Waals surface area contributed by atoms with Gasteiger partial charge in [0, 0.05) is 20.2 Å². The van der Waals surface area contributed by atoms with Crippen LogP contribution in [-0.4, -0.2) is 45.1 Å². The van der Waals surface area contributed by atoms with E-state index >= 15 is 0 Å². The summed E-state index contributed by atoms with van der Waals surface area (Å²) < 4.78 is 38.6.